The maximum atomic E-state index is 11.2. The highest BCUT2D eigenvalue weighted by Crippen LogP contribution is 2.69. The van der Waals surface area contributed by atoms with Crippen LogP contribution in [0.4, 0.5) is 0 Å². The molecule has 3 rings (SSSR count). The number of aldehydes is 1. The molecule has 1 fully saturated rings. The van der Waals surface area contributed by atoms with E-state index in [-0.39, 0.29) is 17.2 Å². The van der Waals surface area contributed by atoms with E-state index in [0.717, 1.165) is 0 Å². The van der Waals surface area contributed by atoms with Crippen molar-refractivity contribution in [3.05, 3.63) is 28.8 Å². The van der Waals surface area contributed by atoms with Crippen LogP contribution in [-0.2, 0) is 4.79 Å². The lowest BCUT2D eigenvalue weighted by molar-refractivity contribution is -0.108. The van der Waals surface area contributed by atoms with Crippen LogP contribution < -0.4 is 4.65 Å². The second kappa shape index (κ2) is 3.35. The number of aromatic carboxylic acids is 1. The van der Waals surface area contributed by atoms with Crippen LogP contribution in [0.1, 0.15) is 33.8 Å². The summed E-state index contributed by atoms with van der Waals surface area (Å²) in [5, 5.41) is 18.2. The summed E-state index contributed by atoms with van der Waals surface area (Å²) in [6.07, 6.45) is 1.22. The van der Waals surface area contributed by atoms with E-state index in [1.54, 1.807) is 19.1 Å². The highest BCUT2D eigenvalue weighted by atomic mass is 16.5. The monoisotopic (exact) mass is 246 g/mol. The van der Waals surface area contributed by atoms with E-state index in [0.29, 0.717) is 23.8 Å². The maximum Gasteiger partial charge on any atom is 0.537 e. The Hall–Kier alpha value is -1.82. The Morgan fingerprint density at radius 2 is 2.33 bits per heavy atom. The summed E-state index contributed by atoms with van der Waals surface area (Å²) in [6.45, 7) is 1.67. The predicted molar refractivity (Wildman–Crippen MR) is 62.9 cm³/mol. The predicted octanol–water partition coefficient (Wildman–Crippen LogP) is 0.993. The van der Waals surface area contributed by atoms with Crippen molar-refractivity contribution in [2.45, 2.75) is 24.6 Å². The molecular formula is C12H11BO5. The smallest absolute Gasteiger partial charge is 0.535 e. The third kappa shape index (κ3) is 1.21. The van der Waals surface area contributed by atoms with Gasteiger partial charge in [-0.3, -0.25) is 0 Å². The fraction of sp³-hybridized carbons (Fsp3) is 0.333. The van der Waals surface area contributed by atoms with Crippen LogP contribution in [0.15, 0.2) is 12.1 Å². The molecule has 1 saturated carbocycles. The zero-order valence-electron chi connectivity index (χ0n) is 9.71. The van der Waals surface area contributed by atoms with Crippen molar-refractivity contribution in [1.29, 1.82) is 0 Å². The average molecular weight is 246 g/mol. The zero-order chi connectivity index (χ0) is 13.1. The third-order valence-electron chi connectivity index (χ3n) is 3.94. The number of rotatable bonds is 2. The number of carboxylic acids is 1. The van der Waals surface area contributed by atoms with Crippen LogP contribution >= 0.6 is 0 Å². The van der Waals surface area contributed by atoms with Crippen LogP contribution in [0.2, 0.25) is 5.31 Å². The Bertz CT molecular complexity index is 570. The van der Waals surface area contributed by atoms with E-state index in [1.165, 1.54) is 0 Å². The molecule has 0 amide bonds. The Morgan fingerprint density at radius 3 is 2.94 bits per heavy atom. The number of hydrogen-bond donors (Lipinski definition) is 2. The van der Waals surface area contributed by atoms with Crippen LogP contribution in [0.5, 0.6) is 5.75 Å². The SMILES string of the molecule is Cc1ccc2c(c1C(=O)O)OB(O)C1(C=O)CC21. The van der Waals surface area contributed by atoms with Gasteiger partial charge < -0.3 is 19.6 Å². The van der Waals surface area contributed by atoms with Crippen molar-refractivity contribution in [2.75, 3.05) is 0 Å². The molecule has 2 atom stereocenters. The number of carbonyl (C=O) groups is 2. The first-order valence-electron chi connectivity index (χ1n) is 5.69. The van der Waals surface area contributed by atoms with Gasteiger partial charge in [0.25, 0.3) is 0 Å². The van der Waals surface area contributed by atoms with Gasteiger partial charge in [0, 0.05) is 5.92 Å². The first kappa shape index (κ1) is 11.3. The van der Waals surface area contributed by atoms with Gasteiger partial charge in [0.2, 0.25) is 0 Å². The van der Waals surface area contributed by atoms with Gasteiger partial charge in [-0.2, -0.15) is 0 Å². The molecule has 0 spiro atoms. The number of carbonyl (C=O) groups excluding carboxylic acids is 1. The topological polar surface area (TPSA) is 83.8 Å². The third-order valence-corrected chi connectivity index (χ3v) is 3.94. The van der Waals surface area contributed by atoms with Crippen LogP contribution in [-0.4, -0.2) is 29.5 Å². The molecule has 2 unspecified atom stereocenters. The largest absolute Gasteiger partial charge is 0.537 e. The van der Waals surface area contributed by atoms with Crippen LogP contribution in [0.25, 0.3) is 0 Å². The number of hydrogen-bond acceptors (Lipinski definition) is 4. The highest BCUT2D eigenvalue weighted by Gasteiger charge is 2.68. The average Bonchev–Trinajstić information content (AvgIpc) is 3.05. The Kier molecular flexibility index (Phi) is 2.10. The van der Waals surface area contributed by atoms with Gasteiger partial charge in [-0.1, -0.05) is 12.1 Å². The lowest BCUT2D eigenvalue weighted by Crippen LogP contribution is -2.35. The Labute approximate surface area is 104 Å². The van der Waals surface area contributed by atoms with Crippen LogP contribution in [0.3, 0.4) is 0 Å². The van der Waals surface area contributed by atoms with Gasteiger partial charge in [-0.25, -0.2) is 4.79 Å². The molecular weight excluding hydrogens is 235 g/mol. The van der Waals surface area contributed by atoms with E-state index in [9.17, 15) is 19.7 Å². The van der Waals surface area contributed by atoms with Crippen molar-refractivity contribution < 1.29 is 24.4 Å². The van der Waals surface area contributed by atoms with Crippen molar-refractivity contribution >= 4 is 19.4 Å². The molecule has 1 aliphatic carbocycles. The molecule has 0 bridgehead atoms. The number of aryl methyl sites for hydroxylation is 1. The van der Waals surface area contributed by atoms with Crippen molar-refractivity contribution in [2.24, 2.45) is 0 Å². The quantitative estimate of drug-likeness (QED) is 0.600. The van der Waals surface area contributed by atoms with E-state index < -0.39 is 18.4 Å². The minimum Gasteiger partial charge on any atom is -0.535 e. The summed E-state index contributed by atoms with van der Waals surface area (Å²) in [4.78, 5) is 22.3. The molecule has 0 saturated heterocycles. The van der Waals surface area contributed by atoms with E-state index in [2.05, 4.69) is 0 Å². The van der Waals surface area contributed by atoms with E-state index >= 15 is 0 Å². The van der Waals surface area contributed by atoms with Gasteiger partial charge >= 0.3 is 13.1 Å². The number of fused-ring (bicyclic) bond motifs is 3. The van der Waals surface area contributed by atoms with Crippen molar-refractivity contribution in [3.63, 3.8) is 0 Å². The van der Waals surface area contributed by atoms with Crippen molar-refractivity contribution in [3.8, 4) is 5.75 Å². The molecule has 2 N–H and O–H groups in total. The molecule has 18 heavy (non-hydrogen) atoms. The molecule has 1 aliphatic heterocycles. The lowest BCUT2D eigenvalue weighted by atomic mass is 9.65. The minimum absolute atomic E-state index is 0.0675. The van der Waals surface area contributed by atoms with Gasteiger partial charge in [0.1, 0.15) is 17.6 Å². The minimum atomic E-state index is -1.26. The highest BCUT2D eigenvalue weighted by molar-refractivity contribution is 6.55. The molecule has 5 nitrogen and oxygen atoms in total. The summed E-state index contributed by atoms with van der Waals surface area (Å²) in [7, 11) is -1.26. The fourth-order valence-corrected chi connectivity index (χ4v) is 2.74. The summed E-state index contributed by atoms with van der Waals surface area (Å²) in [5.41, 5.74) is 1.35. The maximum absolute atomic E-state index is 11.2. The second-order valence-electron chi connectivity index (χ2n) is 4.94. The van der Waals surface area contributed by atoms with E-state index in [4.69, 9.17) is 4.65 Å². The molecule has 92 valence electrons. The van der Waals surface area contributed by atoms with Gasteiger partial charge in [-0.05, 0) is 24.5 Å². The van der Waals surface area contributed by atoms with Gasteiger partial charge in [0.15, 0.2) is 0 Å². The molecule has 1 aromatic rings. The Morgan fingerprint density at radius 1 is 1.61 bits per heavy atom. The molecule has 1 heterocycles. The molecule has 0 aromatic heterocycles. The lowest BCUT2D eigenvalue weighted by Gasteiger charge is -2.25. The number of carboxylic acid groups (broad SMARTS) is 1. The fourth-order valence-electron chi connectivity index (χ4n) is 2.74. The summed E-state index contributed by atoms with van der Waals surface area (Å²) < 4.78 is 5.30. The molecule has 2 aliphatic rings. The summed E-state index contributed by atoms with van der Waals surface area (Å²) >= 11 is 0. The summed E-state index contributed by atoms with van der Waals surface area (Å²) in [5.74, 6) is -1.02. The molecule has 1 aromatic carbocycles. The van der Waals surface area contributed by atoms with Gasteiger partial charge in [-0.15, -0.1) is 0 Å². The van der Waals surface area contributed by atoms with Gasteiger partial charge in [0.05, 0.1) is 5.31 Å². The second-order valence-corrected chi connectivity index (χ2v) is 4.94. The first-order valence-corrected chi connectivity index (χ1v) is 5.69. The summed E-state index contributed by atoms with van der Waals surface area (Å²) in [6, 6.07) is 3.48. The Balaban J connectivity index is 2.19. The molecule has 0 radical (unpaired) electrons. The zero-order valence-corrected chi connectivity index (χ0v) is 9.71. The van der Waals surface area contributed by atoms with Crippen LogP contribution in [0, 0.1) is 6.92 Å². The molecule has 6 heteroatoms. The van der Waals surface area contributed by atoms with Crippen molar-refractivity contribution in [1.82, 2.24) is 0 Å². The normalized spacial score (nSPS) is 27.9. The number of benzene rings is 1. The first-order chi connectivity index (χ1) is 8.51. The van der Waals surface area contributed by atoms with E-state index in [1.807, 2.05) is 0 Å². The standard InChI is InChI=1S/C12H11BO5/c1-6-2-3-7-8-4-12(8,5-14)13(17)18-10(7)9(6)11(15)16/h2-3,5,8,17H,4H2,1H3,(H,15,16).